The Morgan fingerprint density at radius 2 is 2.22 bits per heavy atom. The minimum absolute atomic E-state index is 0.413. The fourth-order valence-corrected chi connectivity index (χ4v) is 3.59. The van der Waals surface area contributed by atoms with Crippen molar-refractivity contribution in [2.45, 2.75) is 39.3 Å². The monoisotopic (exact) mass is 286 g/mol. The highest BCUT2D eigenvalue weighted by Crippen LogP contribution is 2.27. The van der Waals surface area contributed by atoms with E-state index in [1.54, 1.807) is 11.3 Å². The van der Waals surface area contributed by atoms with Crippen LogP contribution in [0.5, 0.6) is 0 Å². The Bertz CT molecular complexity index is 378. The minimum Gasteiger partial charge on any atom is -0.309 e. The highest BCUT2D eigenvalue weighted by atomic mass is 35.5. The average Bonchev–Trinajstić information content (AvgIpc) is 2.94. The van der Waals surface area contributed by atoms with Crippen LogP contribution in [0, 0.1) is 5.92 Å². The maximum atomic E-state index is 5.97. The van der Waals surface area contributed by atoms with Crippen LogP contribution in [-0.2, 0) is 0 Å². The maximum absolute atomic E-state index is 5.97. The molecule has 2 heterocycles. The Labute approximate surface area is 119 Å². The van der Waals surface area contributed by atoms with Gasteiger partial charge in [0.2, 0.25) is 0 Å². The van der Waals surface area contributed by atoms with Crippen LogP contribution in [0.1, 0.15) is 38.1 Å². The van der Waals surface area contributed by atoms with E-state index in [9.17, 15) is 0 Å². The van der Waals surface area contributed by atoms with Gasteiger partial charge in [-0.25, -0.2) is 0 Å². The summed E-state index contributed by atoms with van der Waals surface area (Å²) in [6, 6.07) is 5.20. The lowest BCUT2D eigenvalue weighted by Gasteiger charge is -2.21. The first-order chi connectivity index (χ1) is 8.56. The first kappa shape index (κ1) is 14.3. The average molecular weight is 287 g/mol. The Morgan fingerprint density at radius 1 is 1.44 bits per heavy atom. The molecule has 0 amide bonds. The molecule has 0 bridgehead atoms. The van der Waals surface area contributed by atoms with Crippen LogP contribution in [-0.4, -0.2) is 30.6 Å². The zero-order valence-electron chi connectivity index (χ0n) is 11.4. The van der Waals surface area contributed by atoms with Crippen LogP contribution in [0.3, 0.4) is 0 Å². The van der Waals surface area contributed by atoms with Crippen LogP contribution in [0.4, 0.5) is 0 Å². The topological polar surface area (TPSA) is 15.3 Å². The lowest BCUT2D eigenvalue weighted by Crippen LogP contribution is -2.31. The van der Waals surface area contributed by atoms with Crippen LogP contribution < -0.4 is 5.32 Å². The summed E-state index contributed by atoms with van der Waals surface area (Å²) >= 11 is 7.65. The number of nitrogens with one attached hydrogen (secondary N) is 1. The zero-order chi connectivity index (χ0) is 13.1. The molecule has 0 aliphatic carbocycles. The van der Waals surface area contributed by atoms with Gasteiger partial charge in [0.25, 0.3) is 0 Å². The summed E-state index contributed by atoms with van der Waals surface area (Å²) in [7, 11) is 0. The smallest absolute Gasteiger partial charge is 0.0931 e. The van der Waals surface area contributed by atoms with Gasteiger partial charge >= 0.3 is 0 Å². The third-order valence-corrected chi connectivity index (χ3v) is 5.19. The van der Waals surface area contributed by atoms with Gasteiger partial charge in [-0.3, -0.25) is 0 Å². The molecule has 1 saturated heterocycles. The second-order valence-electron chi connectivity index (χ2n) is 5.52. The lowest BCUT2D eigenvalue weighted by molar-refractivity contribution is 0.263. The molecule has 102 valence electrons. The maximum Gasteiger partial charge on any atom is 0.0931 e. The van der Waals surface area contributed by atoms with E-state index in [1.165, 1.54) is 24.4 Å². The Kier molecular flexibility index (Phi) is 5.07. The van der Waals surface area contributed by atoms with Gasteiger partial charge in [-0.2, -0.15) is 0 Å². The van der Waals surface area contributed by atoms with Gasteiger partial charge in [-0.1, -0.05) is 11.6 Å². The van der Waals surface area contributed by atoms with Crippen molar-refractivity contribution >= 4 is 22.9 Å². The molecule has 0 aromatic carbocycles. The largest absolute Gasteiger partial charge is 0.309 e. The number of nitrogens with zero attached hydrogens (tertiary/aromatic N) is 1. The van der Waals surface area contributed by atoms with Gasteiger partial charge in [0.1, 0.15) is 0 Å². The molecule has 0 saturated carbocycles. The molecule has 0 radical (unpaired) electrons. The predicted molar refractivity (Wildman–Crippen MR) is 80.6 cm³/mol. The van der Waals surface area contributed by atoms with Gasteiger partial charge < -0.3 is 10.2 Å². The molecule has 1 aromatic heterocycles. The normalized spacial score (nSPS) is 22.8. The molecule has 1 aromatic rings. The molecule has 4 heteroatoms. The molecule has 2 unspecified atom stereocenters. The number of thiophene rings is 1. The minimum atomic E-state index is 0.413. The molecule has 18 heavy (non-hydrogen) atoms. The molecule has 1 aliphatic heterocycles. The van der Waals surface area contributed by atoms with E-state index in [0.29, 0.717) is 12.1 Å². The highest BCUT2D eigenvalue weighted by molar-refractivity contribution is 7.16. The first-order valence-corrected chi connectivity index (χ1v) is 7.98. The van der Waals surface area contributed by atoms with E-state index >= 15 is 0 Å². The van der Waals surface area contributed by atoms with Crippen LogP contribution in [0.25, 0.3) is 0 Å². The number of halogens is 1. The lowest BCUT2D eigenvalue weighted by atomic mass is 10.1. The van der Waals surface area contributed by atoms with Gasteiger partial charge in [-0.05, 0) is 58.3 Å². The highest BCUT2D eigenvalue weighted by Gasteiger charge is 2.24. The quantitative estimate of drug-likeness (QED) is 0.886. The van der Waals surface area contributed by atoms with Crippen molar-refractivity contribution in [2.75, 3.05) is 19.6 Å². The summed E-state index contributed by atoms with van der Waals surface area (Å²) in [5.74, 6) is 0.797. The van der Waals surface area contributed by atoms with E-state index in [4.69, 9.17) is 11.6 Å². The standard InChI is InChI=1S/C14H23ClN2S/c1-10(2)17-7-6-12(9-17)8-16-11(3)13-4-5-14(15)18-13/h4-5,10-12,16H,6-9H2,1-3H3. The van der Waals surface area contributed by atoms with E-state index in [2.05, 4.69) is 37.1 Å². The van der Waals surface area contributed by atoms with Gasteiger partial charge in [-0.15, -0.1) is 11.3 Å². The third-order valence-electron chi connectivity index (χ3n) is 3.78. The van der Waals surface area contributed by atoms with Crippen LogP contribution >= 0.6 is 22.9 Å². The van der Waals surface area contributed by atoms with Gasteiger partial charge in [0.15, 0.2) is 0 Å². The summed E-state index contributed by atoms with van der Waals surface area (Å²) in [5.41, 5.74) is 0. The van der Waals surface area contributed by atoms with E-state index in [0.717, 1.165) is 16.8 Å². The van der Waals surface area contributed by atoms with E-state index < -0.39 is 0 Å². The molecule has 1 N–H and O–H groups in total. The fraction of sp³-hybridized carbons (Fsp3) is 0.714. The molecule has 1 fully saturated rings. The zero-order valence-corrected chi connectivity index (χ0v) is 13.0. The van der Waals surface area contributed by atoms with Crippen LogP contribution in [0.15, 0.2) is 12.1 Å². The van der Waals surface area contributed by atoms with Crippen molar-refractivity contribution in [3.05, 3.63) is 21.3 Å². The number of hydrogen-bond acceptors (Lipinski definition) is 3. The third kappa shape index (κ3) is 3.70. The second-order valence-corrected chi connectivity index (χ2v) is 7.26. The van der Waals surface area contributed by atoms with Gasteiger partial charge in [0, 0.05) is 23.5 Å². The molecular weight excluding hydrogens is 264 g/mol. The molecular formula is C14H23ClN2S. The van der Waals surface area contributed by atoms with Crippen LogP contribution in [0.2, 0.25) is 4.34 Å². The summed E-state index contributed by atoms with van der Waals surface area (Å²) in [5, 5.41) is 3.64. The summed E-state index contributed by atoms with van der Waals surface area (Å²) in [6.45, 7) is 10.4. The number of rotatable bonds is 5. The number of likely N-dealkylation sites (tertiary alicyclic amines) is 1. The van der Waals surface area contributed by atoms with Crippen molar-refractivity contribution in [2.24, 2.45) is 5.92 Å². The van der Waals surface area contributed by atoms with Crippen molar-refractivity contribution in [1.82, 2.24) is 10.2 Å². The predicted octanol–water partition coefficient (Wildman–Crippen LogP) is 3.78. The first-order valence-electron chi connectivity index (χ1n) is 6.79. The van der Waals surface area contributed by atoms with Crippen molar-refractivity contribution in [3.8, 4) is 0 Å². The Morgan fingerprint density at radius 3 is 2.78 bits per heavy atom. The SMILES string of the molecule is CC(NCC1CCN(C(C)C)C1)c1ccc(Cl)s1. The Balaban J connectivity index is 1.75. The van der Waals surface area contributed by atoms with Crippen molar-refractivity contribution < 1.29 is 0 Å². The molecule has 1 aliphatic rings. The molecule has 2 nitrogen and oxygen atoms in total. The summed E-state index contributed by atoms with van der Waals surface area (Å²) in [4.78, 5) is 3.90. The molecule has 0 spiro atoms. The van der Waals surface area contributed by atoms with Crippen molar-refractivity contribution in [1.29, 1.82) is 0 Å². The van der Waals surface area contributed by atoms with E-state index in [1.807, 2.05) is 6.07 Å². The molecule has 2 atom stereocenters. The number of hydrogen-bond donors (Lipinski definition) is 1. The van der Waals surface area contributed by atoms with Gasteiger partial charge in [0.05, 0.1) is 4.34 Å². The Hall–Kier alpha value is -0.0900. The molecule has 2 rings (SSSR count). The van der Waals surface area contributed by atoms with Crippen molar-refractivity contribution in [3.63, 3.8) is 0 Å². The second kappa shape index (κ2) is 6.38. The van der Waals surface area contributed by atoms with E-state index in [-0.39, 0.29) is 0 Å². The summed E-state index contributed by atoms with van der Waals surface area (Å²) < 4.78 is 0.880. The summed E-state index contributed by atoms with van der Waals surface area (Å²) in [6.07, 6.45) is 1.32. The fourth-order valence-electron chi connectivity index (χ4n) is 2.50.